The van der Waals surface area contributed by atoms with Crippen LogP contribution >= 0.6 is 0 Å². The van der Waals surface area contributed by atoms with Crippen molar-refractivity contribution in [1.82, 2.24) is 0 Å². The summed E-state index contributed by atoms with van der Waals surface area (Å²) in [6, 6.07) is 10.8. The van der Waals surface area contributed by atoms with Crippen LogP contribution in [-0.4, -0.2) is 63.4 Å². The van der Waals surface area contributed by atoms with Crippen molar-refractivity contribution in [3.05, 3.63) is 65.3 Å². The molecular weight excluding hydrogens is 378 g/mol. The number of hydrogen-bond donors (Lipinski definition) is 0. The predicted octanol–water partition coefficient (Wildman–Crippen LogP) is 3.42. The molecule has 6 rings (SSSR count). The zero-order chi connectivity index (χ0) is 20.1. The second-order valence-electron chi connectivity index (χ2n) is 9.04. The molecule has 5 heteroatoms. The molecule has 4 fully saturated rings. The molecule has 1 aliphatic carbocycles. The van der Waals surface area contributed by atoms with Crippen molar-refractivity contribution in [2.24, 2.45) is 0 Å². The van der Waals surface area contributed by atoms with Crippen molar-refractivity contribution in [2.75, 3.05) is 37.9 Å². The van der Waals surface area contributed by atoms with Gasteiger partial charge in [-0.2, -0.15) is 0 Å². The third-order valence-corrected chi connectivity index (χ3v) is 6.60. The van der Waals surface area contributed by atoms with Gasteiger partial charge in [0.15, 0.2) is 0 Å². The maximum atomic E-state index is 5.63. The summed E-state index contributed by atoms with van der Waals surface area (Å²) in [5.41, 5.74) is 6.65. The summed E-state index contributed by atoms with van der Waals surface area (Å²) >= 11 is 0. The zero-order valence-electron chi connectivity index (χ0n) is 17.3. The average Bonchev–Trinajstić information content (AvgIpc) is 3.59. The molecular formula is C25H29NO4. The van der Waals surface area contributed by atoms with Crippen LogP contribution in [0.4, 0.5) is 5.69 Å². The number of rotatable bonds is 10. The lowest BCUT2D eigenvalue weighted by atomic mass is 9.79. The summed E-state index contributed by atoms with van der Waals surface area (Å²) in [5, 5.41) is 0. The molecule has 5 atom stereocenters. The number of epoxide rings is 4. The minimum Gasteiger partial charge on any atom is -0.373 e. The van der Waals surface area contributed by atoms with Crippen molar-refractivity contribution < 1.29 is 18.9 Å². The predicted molar refractivity (Wildman–Crippen MR) is 115 cm³/mol. The Labute approximate surface area is 177 Å². The van der Waals surface area contributed by atoms with Gasteiger partial charge in [-0.25, -0.2) is 0 Å². The van der Waals surface area contributed by atoms with Crippen molar-refractivity contribution >= 4 is 5.69 Å². The van der Waals surface area contributed by atoms with Crippen LogP contribution in [0.15, 0.2) is 65.3 Å². The molecule has 5 nitrogen and oxygen atoms in total. The first-order valence-electron chi connectivity index (χ1n) is 11.1. The summed E-state index contributed by atoms with van der Waals surface area (Å²) < 4.78 is 22.5. The van der Waals surface area contributed by atoms with E-state index in [0.717, 1.165) is 52.2 Å². The molecule has 158 valence electrons. The fourth-order valence-corrected chi connectivity index (χ4v) is 4.59. The highest BCUT2D eigenvalue weighted by molar-refractivity contribution is 5.60. The molecule has 0 spiro atoms. The van der Waals surface area contributed by atoms with Crippen LogP contribution in [-0.2, 0) is 18.9 Å². The fourth-order valence-electron chi connectivity index (χ4n) is 4.59. The Bertz CT molecular complexity index is 876. The lowest BCUT2D eigenvalue weighted by Crippen LogP contribution is -2.40. The second-order valence-corrected chi connectivity index (χ2v) is 9.04. The van der Waals surface area contributed by atoms with Crippen molar-refractivity contribution in [3.8, 4) is 0 Å². The number of anilines is 1. The number of ether oxygens (including phenoxy) is 4. The highest BCUT2D eigenvalue weighted by atomic mass is 16.6. The highest BCUT2D eigenvalue weighted by Crippen LogP contribution is 2.43. The summed E-state index contributed by atoms with van der Waals surface area (Å²) in [6.45, 7) is 8.95. The van der Waals surface area contributed by atoms with Crippen LogP contribution in [0.1, 0.15) is 19.3 Å². The molecule has 0 radical (unpaired) electrons. The van der Waals surface area contributed by atoms with Crippen LogP contribution < -0.4 is 4.90 Å². The van der Waals surface area contributed by atoms with Gasteiger partial charge in [0.05, 0.1) is 56.9 Å². The van der Waals surface area contributed by atoms with E-state index in [2.05, 4.69) is 47.9 Å². The molecule has 5 unspecified atom stereocenters. The molecule has 5 aliphatic rings. The number of para-hydroxylation sites is 1. The smallest absolute Gasteiger partial charge is 0.0984 e. The Balaban J connectivity index is 1.37. The molecule has 0 amide bonds. The molecule has 0 bridgehead atoms. The van der Waals surface area contributed by atoms with Gasteiger partial charge >= 0.3 is 0 Å². The molecule has 4 heterocycles. The number of benzene rings is 1. The molecule has 30 heavy (non-hydrogen) atoms. The van der Waals surface area contributed by atoms with Gasteiger partial charge in [0.2, 0.25) is 0 Å². The summed E-state index contributed by atoms with van der Waals surface area (Å²) in [6.07, 6.45) is 6.69. The molecule has 4 saturated heterocycles. The minimum atomic E-state index is 0.128. The third kappa shape index (κ3) is 4.26. The standard InChI is InChI=1S/C25H29NO4/c1-16-23(9-20-13-28-20)24(10-21-14-29-21)17(7-19-12-27-19)8-25(16)26(11-22-15-30-22)18-5-3-2-4-6-18/h2-6,8,19-22,25H,1,7,9-15H2. The van der Waals surface area contributed by atoms with Gasteiger partial charge in [-0.05, 0) is 34.4 Å². The Morgan fingerprint density at radius 1 is 0.767 bits per heavy atom. The maximum Gasteiger partial charge on any atom is 0.0984 e. The van der Waals surface area contributed by atoms with Crippen LogP contribution in [0.5, 0.6) is 0 Å². The van der Waals surface area contributed by atoms with E-state index in [1.807, 2.05) is 0 Å². The quantitative estimate of drug-likeness (QED) is 0.557. The normalized spacial score (nSPS) is 33.9. The first-order chi connectivity index (χ1) is 14.7. The van der Waals surface area contributed by atoms with Crippen molar-refractivity contribution in [3.63, 3.8) is 0 Å². The highest BCUT2D eigenvalue weighted by Gasteiger charge is 2.39. The van der Waals surface area contributed by atoms with E-state index in [4.69, 9.17) is 18.9 Å². The van der Waals surface area contributed by atoms with Gasteiger partial charge in [0.25, 0.3) is 0 Å². The lowest BCUT2D eigenvalue weighted by Gasteiger charge is -2.38. The monoisotopic (exact) mass is 407 g/mol. The van der Waals surface area contributed by atoms with E-state index in [1.54, 1.807) is 0 Å². The van der Waals surface area contributed by atoms with Gasteiger partial charge in [0, 0.05) is 31.5 Å². The summed E-state index contributed by atoms with van der Waals surface area (Å²) in [5.74, 6) is 0. The van der Waals surface area contributed by atoms with Gasteiger partial charge in [-0.15, -0.1) is 0 Å². The van der Waals surface area contributed by atoms with E-state index < -0.39 is 0 Å². The molecule has 0 aromatic heterocycles. The van der Waals surface area contributed by atoms with E-state index in [-0.39, 0.29) is 6.04 Å². The van der Waals surface area contributed by atoms with E-state index in [0.29, 0.717) is 24.4 Å². The average molecular weight is 408 g/mol. The van der Waals surface area contributed by atoms with Gasteiger partial charge in [-0.1, -0.05) is 30.9 Å². The molecule has 1 aromatic carbocycles. The molecule has 0 saturated carbocycles. The van der Waals surface area contributed by atoms with E-state index >= 15 is 0 Å². The largest absolute Gasteiger partial charge is 0.373 e. The van der Waals surface area contributed by atoms with Crippen LogP contribution in [0, 0.1) is 0 Å². The summed E-state index contributed by atoms with van der Waals surface area (Å²) in [7, 11) is 0. The van der Waals surface area contributed by atoms with Crippen LogP contribution in [0.2, 0.25) is 0 Å². The minimum absolute atomic E-state index is 0.128. The zero-order valence-corrected chi connectivity index (χ0v) is 17.3. The van der Waals surface area contributed by atoms with Gasteiger partial charge in [-0.3, -0.25) is 0 Å². The van der Waals surface area contributed by atoms with Gasteiger partial charge in [0.1, 0.15) is 0 Å². The number of nitrogens with zero attached hydrogens (tertiary/aromatic N) is 1. The SMILES string of the molecule is C=C1C(CC2CO2)=C(CC2CO2)C(CC2CO2)=CC1N(CC1CO1)c1ccccc1. The second kappa shape index (κ2) is 7.65. The van der Waals surface area contributed by atoms with E-state index in [1.165, 1.54) is 28.0 Å². The molecule has 0 N–H and O–H groups in total. The number of hydrogen-bond acceptors (Lipinski definition) is 5. The van der Waals surface area contributed by atoms with Crippen molar-refractivity contribution in [2.45, 2.75) is 49.7 Å². The van der Waals surface area contributed by atoms with Crippen LogP contribution in [0.3, 0.4) is 0 Å². The van der Waals surface area contributed by atoms with Gasteiger partial charge < -0.3 is 23.8 Å². The maximum absolute atomic E-state index is 5.63. The van der Waals surface area contributed by atoms with Crippen LogP contribution in [0.25, 0.3) is 0 Å². The Kier molecular flexibility index (Phi) is 4.80. The first kappa shape index (κ1) is 18.8. The summed E-state index contributed by atoms with van der Waals surface area (Å²) in [4.78, 5) is 2.46. The molecule has 4 aliphatic heterocycles. The molecule has 1 aromatic rings. The van der Waals surface area contributed by atoms with E-state index in [9.17, 15) is 0 Å². The Hall–Kier alpha value is -1.92. The van der Waals surface area contributed by atoms with Crippen molar-refractivity contribution in [1.29, 1.82) is 0 Å². The Morgan fingerprint density at radius 2 is 1.33 bits per heavy atom. The lowest BCUT2D eigenvalue weighted by molar-refractivity contribution is 0.395. The first-order valence-corrected chi connectivity index (χ1v) is 11.1. The Morgan fingerprint density at radius 3 is 1.93 bits per heavy atom. The third-order valence-electron chi connectivity index (χ3n) is 6.60. The topological polar surface area (TPSA) is 53.4 Å². The fraction of sp³-hybridized carbons (Fsp3) is 0.520.